The van der Waals surface area contributed by atoms with Gasteiger partial charge in [0.15, 0.2) is 0 Å². The van der Waals surface area contributed by atoms with Gasteiger partial charge in [-0.1, -0.05) is 51.9 Å². The molecule has 0 aliphatic carbocycles. The maximum atomic E-state index is 12.4. The van der Waals surface area contributed by atoms with Crippen molar-refractivity contribution in [2.45, 2.75) is 103 Å². The van der Waals surface area contributed by atoms with E-state index in [2.05, 4.69) is 13.0 Å². The summed E-state index contributed by atoms with van der Waals surface area (Å²) < 4.78 is 0. The van der Waals surface area contributed by atoms with Crippen molar-refractivity contribution in [2.24, 2.45) is 0 Å². The van der Waals surface area contributed by atoms with Crippen LogP contribution in [0.4, 0.5) is 4.79 Å². The summed E-state index contributed by atoms with van der Waals surface area (Å²) in [6.07, 6.45) is 10.6. The highest BCUT2D eigenvalue weighted by molar-refractivity contribution is 6.03. The minimum Gasteiger partial charge on any atom is -0.390 e. The number of aliphatic hydroxyl groups is 1. The van der Waals surface area contributed by atoms with Gasteiger partial charge in [-0.15, -0.1) is 0 Å². The maximum Gasteiger partial charge on any atom is 0.327 e. The highest BCUT2D eigenvalue weighted by Gasteiger charge is 2.42. The second kappa shape index (κ2) is 12.0. The van der Waals surface area contributed by atoms with Gasteiger partial charge in [-0.2, -0.15) is 5.26 Å². The number of amides is 3. The second-order valence-electron chi connectivity index (χ2n) is 8.06. The molecule has 0 saturated carbocycles. The molecule has 1 heterocycles. The third-order valence-electron chi connectivity index (χ3n) is 5.50. The average Bonchev–Trinajstić information content (AvgIpc) is 2.84. The molecule has 1 fully saturated rings. The van der Waals surface area contributed by atoms with Crippen LogP contribution < -0.4 is 0 Å². The molecular weight excluding hydrogens is 342 g/mol. The molecule has 0 radical (unpaired) electrons. The summed E-state index contributed by atoms with van der Waals surface area (Å²) in [4.78, 5) is 27.7. The van der Waals surface area contributed by atoms with Gasteiger partial charge in [-0.05, 0) is 32.6 Å². The monoisotopic (exact) mass is 379 g/mol. The Morgan fingerprint density at radius 3 is 2.41 bits per heavy atom. The predicted octanol–water partition coefficient (Wildman–Crippen LogP) is 4.22. The van der Waals surface area contributed by atoms with Crippen LogP contribution in [0.1, 0.15) is 90.9 Å². The minimum atomic E-state index is -0.805. The lowest BCUT2D eigenvalue weighted by atomic mass is 9.94. The van der Waals surface area contributed by atoms with E-state index in [0.29, 0.717) is 25.8 Å². The Balaban J connectivity index is 2.49. The van der Waals surface area contributed by atoms with Gasteiger partial charge >= 0.3 is 6.03 Å². The van der Waals surface area contributed by atoms with Gasteiger partial charge in [-0.3, -0.25) is 9.69 Å². The van der Waals surface area contributed by atoms with Crippen LogP contribution in [0.25, 0.3) is 0 Å². The summed E-state index contributed by atoms with van der Waals surface area (Å²) in [5, 5.41) is 19.2. The molecule has 1 rings (SSSR count). The maximum absolute atomic E-state index is 12.4. The molecule has 1 saturated heterocycles. The number of nitrogens with zero attached hydrogens (tertiary/aromatic N) is 3. The number of urea groups is 1. The lowest BCUT2D eigenvalue weighted by Crippen LogP contribution is -2.39. The van der Waals surface area contributed by atoms with Gasteiger partial charge in [0.1, 0.15) is 6.04 Å². The molecule has 3 amide bonds. The van der Waals surface area contributed by atoms with Gasteiger partial charge in [0.05, 0.1) is 11.7 Å². The Morgan fingerprint density at radius 1 is 1.07 bits per heavy atom. The Labute approximate surface area is 164 Å². The van der Waals surface area contributed by atoms with E-state index in [0.717, 1.165) is 51.4 Å². The molecule has 1 aliphatic heterocycles. The number of carbonyl (C=O) groups excluding carboxylic acids is 2. The number of rotatable bonds is 14. The molecule has 0 aromatic heterocycles. The van der Waals surface area contributed by atoms with Crippen molar-refractivity contribution < 1.29 is 14.7 Å². The predicted molar refractivity (Wildman–Crippen MR) is 106 cm³/mol. The number of hydrogen-bond donors (Lipinski definition) is 1. The molecule has 6 heteroatoms. The summed E-state index contributed by atoms with van der Waals surface area (Å²) in [7, 11) is 1.54. The molecule has 27 heavy (non-hydrogen) atoms. The fourth-order valence-corrected chi connectivity index (χ4v) is 3.62. The number of likely N-dealkylation sites (N-methyl/N-ethyl adjacent to an activating group) is 1. The number of hydrogen-bond acceptors (Lipinski definition) is 4. The van der Waals surface area contributed by atoms with Crippen LogP contribution in [0.5, 0.6) is 0 Å². The van der Waals surface area contributed by atoms with Crippen LogP contribution >= 0.6 is 0 Å². The summed E-state index contributed by atoms with van der Waals surface area (Å²) in [6.45, 7) is 4.40. The third kappa shape index (κ3) is 7.88. The highest BCUT2D eigenvalue weighted by Crippen LogP contribution is 2.25. The summed E-state index contributed by atoms with van der Waals surface area (Å²) in [5.74, 6) is -0.139. The van der Waals surface area contributed by atoms with Crippen LogP contribution in [-0.4, -0.2) is 52.1 Å². The molecular formula is C21H37N3O3. The van der Waals surface area contributed by atoms with E-state index < -0.39 is 11.6 Å². The Kier molecular flexibility index (Phi) is 10.4. The van der Waals surface area contributed by atoms with Crippen molar-refractivity contribution in [1.82, 2.24) is 9.80 Å². The van der Waals surface area contributed by atoms with Crippen molar-refractivity contribution in [3.63, 3.8) is 0 Å². The first kappa shape index (κ1) is 23.4. The molecule has 6 nitrogen and oxygen atoms in total. The SMILES string of the molecule is CCCCCCC(C)(O)CCN1C(=O)N(C)C(=O)C1CCCCCCC#N. The van der Waals surface area contributed by atoms with Gasteiger partial charge in [0.25, 0.3) is 5.91 Å². The Hall–Kier alpha value is -1.61. The molecule has 2 atom stereocenters. The third-order valence-corrected chi connectivity index (χ3v) is 5.50. The van der Waals surface area contributed by atoms with Crippen molar-refractivity contribution in [3.8, 4) is 6.07 Å². The summed E-state index contributed by atoms with van der Waals surface area (Å²) in [6, 6.07) is 1.48. The topological polar surface area (TPSA) is 84.6 Å². The standard InChI is InChI=1S/C21H37N3O3/c1-4-5-6-11-14-21(2,27)15-17-24-18(19(25)23(3)20(24)26)13-10-8-7-9-12-16-22/h18,27H,4-15,17H2,1-3H3. The first-order chi connectivity index (χ1) is 12.8. The van der Waals surface area contributed by atoms with Crippen LogP contribution in [0.3, 0.4) is 0 Å². The first-order valence-electron chi connectivity index (χ1n) is 10.5. The van der Waals surface area contributed by atoms with E-state index in [-0.39, 0.29) is 11.9 Å². The van der Waals surface area contributed by atoms with Crippen molar-refractivity contribution in [1.29, 1.82) is 5.26 Å². The second-order valence-corrected chi connectivity index (χ2v) is 8.06. The first-order valence-corrected chi connectivity index (χ1v) is 10.5. The zero-order valence-corrected chi connectivity index (χ0v) is 17.4. The van der Waals surface area contributed by atoms with Crippen LogP contribution in [0.15, 0.2) is 0 Å². The molecule has 0 aromatic rings. The van der Waals surface area contributed by atoms with Crippen molar-refractivity contribution in [2.75, 3.05) is 13.6 Å². The van der Waals surface area contributed by atoms with E-state index >= 15 is 0 Å². The highest BCUT2D eigenvalue weighted by atomic mass is 16.3. The average molecular weight is 380 g/mol. The lowest BCUT2D eigenvalue weighted by molar-refractivity contribution is -0.127. The zero-order valence-electron chi connectivity index (χ0n) is 17.4. The van der Waals surface area contributed by atoms with Crippen LogP contribution in [-0.2, 0) is 4.79 Å². The van der Waals surface area contributed by atoms with E-state index in [4.69, 9.17) is 5.26 Å². The van der Waals surface area contributed by atoms with Crippen LogP contribution in [0, 0.1) is 11.3 Å². The van der Waals surface area contributed by atoms with Crippen LogP contribution in [0.2, 0.25) is 0 Å². The normalized spacial score (nSPS) is 19.4. The molecule has 0 bridgehead atoms. The van der Waals surface area contributed by atoms with E-state index in [1.54, 1.807) is 4.90 Å². The van der Waals surface area contributed by atoms with Crippen molar-refractivity contribution in [3.05, 3.63) is 0 Å². The van der Waals surface area contributed by atoms with Gasteiger partial charge in [0, 0.05) is 20.0 Å². The number of unbranched alkanes of at least 4 members (excludes halogenated alkanes) is 7. The molecule has 0 aromatic carbocycles. The molecule has 2 unspecified atom stereocenters. The molecule has 1 N–H and O–H groups in total. The smallest absolute Gasteiger partial charge is 0.327 e. The van der Waals surface area contributed by atoms with Gasteiger partial charge < -0.3 is 10.0 Å². The van der Waals surface area contributed by atoms with E-state index in [1.807, 2.05) is 6.92 Å². The summed E-state index contributed by atoms with van der Waals surface area (Å²) >= 11 is 0. The van der Waals surface area contributed by atoms with Gasteiger partial charge in [0.2, 0.25) is 0 Å². The fourth-order valence-electron chi connectivity index (χ4n) is 3.62. The molecule has 0 spiro atoms. The quantitative estimate of drug-likeness (QED) is 0.362. The number of nitriles is 1. The lowest BCUT2D eigenvalue weighted by Gasteiger charge is -2.28. The van der Waals surface area contributed by atoms with E-state index in [9.17, 15) is 14.7 Å². The summed E-state index contributed by atoms with van der Waals surface area (Å²) in [5.41, 5.74) is -0.805. The minimum absolute atomic E-state index is 0.139. The largest absolute Gasteiger partial charge is 0.390 e. The fraction of sp³-hybridized carbons (Fsp3) is 0.857. The van der Waals surface area contributed by atoms with E-state index in [1.165, 1.54) is 18.4 Å². The Bertz CT molecular complexity index is 513. The Morgan fingerprint density at radius 2 is 1.74 bits per heavy atom. The zero-order chi connectivity index (χ0) is 20.3. The van der Waals surface area contributed by atoms with Crippen molar-refractivity contribution >= 4 is 11.9 Å². The number of imide groups is 1. The molecule has 154 valence electrons. The number of carbonyl (C=O) groups is 2. The molecule has 1 aliphatic rings. The van der Waals surface area contributed by atoms with Gasteiger partial charge in [-0.25, -0.2) is 4.79 Å².